The Balaban J connectivity index is 2.25. The number of likely N-dealkylation sites (tertiary alicyclic amines) is 1. The Hall–Kier alpha value is -0.630. The molecule has 1 saturated heterocycles. The molecule has 1 heterocycles. The molecule has 56 valence electrons. The Kier molecular flexibility index (Phi) is 2.63. The first-order chi connectivity index (χ1) is 4.84. The summed E-state index contributed by atoms with van der Waals surface area (Å²) in [4.78, 5) is 12.3. The van der Waals surface area contributed by atoms with E-state index in [1.54, 1.807) is 6.08 Å². The molecule has 2 nitrogen and oxygen atoms in total. The van der Waals surface area contributed by atoms with E-state index in [-0.39, 0.29) is 0 Å². The molecule has 1 aliphatic rings. The van der Waals surface area contributed by atoms with Gasteiger partial charge in [0.05, 0.1) is 0 Å². The summed E-state index contributed by atoms with van der Waals surface area (Å²) in [7, 11) is 0. The summed E-state index contributed by atoms with van der Waals surface area (Å²) in [6.45, 7) is 4.48. The Labute approximate surface area is 61.5 Å². The number of aldehydes is 1. The Bertz CT molecular complexity index is 138. The van der Waals surface area contributed by atoms with Crippen LogP contribution in [0.3, 0.4) is 0 Å². The number of hydrogen-bond donors (Lipinski definition) is 0. The molecule has 0 saturated carbocycles. The normalized spacial score (nSPS) is 22.5. The van der Waals surface area contributed by atoms with Crippen molar-refractivity contribution in [3.63, 3.8) is 0 Å². The Morgan fingerprint density at radius 3 is 2.60 bits per heavy atom. The third kappa shape index (κ3) is 1.67. The van der Waals surface area contributed by atoms with E-state index in [4.69, 9.17) is 0 Å². The molecule has 0 amide bonds. The molecule has 10 heavy (non-hydrogen) atoms. The number of carbonyl (C=O) groups is 1. The minimum atomic E-state index is 0.443. The van der Waals surface area contributed by atoms with Crippen LogP contribution in [-0.4, -0.2) is 30.3 Å². The van der Waals surface area contributed by atoms with Crippen LogP contribution in [0.1, 0.15) is 13.3 Å². The molecule has 1 fully saturated rings. The van der Waals surface area contributed by atoms with Gasteiger partial charge in [-0.05, 0) is 32.5 Å². The second-order valence-electron chi connectivity index (χ2n) is 2.65. The molecule has 1 rings (SSSR count). The molecule has 0 aromatic heterocycles. The van der Waals surface area contributed by atoms with Crippen molar-refractivity contribution >= 4 is 6.29 Å². The average molecular weight is 139 g/mol. The first-order valence-corrected chi connectivity index (χ1v) is 3.70. The summed E-state index contributed by atoms with van der Waals surface area (Å²) in [6.07, 6.45) is 5.64. The summed E-state index contributed by atoms with van der Waals surface area (Å²) in [6, 6.07) is 0.443. The zero-order valence-corrected chi connectivity index (χ0v) is 6.29. The fraction of sp³-hybridized carbons (Fsp3) is 0.625. The van der Waals surface area contributed by atoms with Crippen molar-refractivity contribution in [2.75, 3.05) is 13.1 Å². The lowest BCUT2D eigenvalue weighted by Gasteiger charge is -2.34. The van der Waals surface area contributed by atoms with Gasteiger partial charge in [0.15, 0.2) is 0 Å². The molecular weight excluding hydrogens is 126 g/mol. The van der Waals surface area contributed by atoms with Gasteiger partial charge in [-0.25, -0.2) is 0 Å². The van der Waals surface area contributed by atoms with Crippen LogP contribution in [0.5, 0.6) is 0 Å². The molecule has 1 atom stereocenters. The molecule has 0 N–H and O–H groups in total. The lowest BCUT2D eigenvalue weighted by Crippen LogP contribution is -2.42. The average Bonchev–Trinajstić information content (AvgIpc) is 1.79. The minimum absolute atomic E-state index is 0.443. The van der Waals surface area contributed by atoms with E-state index in [0.717, 1.165) is 6.29 Å². The van der Waals surface area contributed by atoms with Crippen molar-refractivity contribution in [3.8, 4) is 0 Å². The van der Waals surface area contributed by atoms with Gasteiger partial charge in [0.25, 0.3) is 0 Å². The summed E-state index contributed by atoms with van der Waals surface area (Å²) < 4.78 is 0. The quantitative estimate of drug-likeness (QED) is 0.426. The first kappa shape index (κ1) is 7.48. The summed E-state index contributed by atoms with van der Waals surface area (Å²) in [5.74, 6) is 0. The van der Waals surface area contributed by atoms with Gasteiger partial charge in [0.1, 0.15) is 6.29 Å². The van der Waals surface area contributed by atoms with Crippen molar-refractivity contribution in [1.29, 1.82) is 0 Å². The third-order valence-corrected chi connectivity index (χ3v) is 1.93. The second kappa shape index (κ2) is 3.52. The molecule has 0 spiro atoms. The fourth-order valence-corrected chi connectivity index (χ4v) is 1.08. The van der Waals surface area contributed by atoms with E-state index in [0.29, 0.717) is 6.04 Å². The Morgan fingerprint density at radius 2 is 2.20 bits per heavy atom. The van der Waals surface area contributed by atoms with Gasteiger partial charge in [0, 0.05) is 6.04 Å². The van der Waals surface area contributed by atoms with E-state index in [1.807, 2.05) is 6.08 Å². The van der Waals surface area contributed by atoms with E-state index < -0.39 is 0 Å². The van der Waals surface area contributed by atoms with Crippen LogP contribution < -0.4 is 0 Å². The zero-order chi connectivity index (χ0) is 7.40. The lowest BCUT2D eigenvalue weighted by molar-refractivity contribution is -0.104. The second-order valence-corrected chi connectivity index (χ2v) is 2.65. The molecule has 2 heteroatoms. The summed E-state index contributed by atoms with van der Waals surface area (Å²) in [5, 5.41) is 0. The highest BCUT2D eigenvalue weighted by molar-refractivity contribution is 5.64. The molecular formula is C8H13NO. The maximum Gasteiger partial charge on any atom is 0.142 e. The lowest BCUT2D eigenvalue weighted by atomic mass is 10.1. The maximum atomic E-state index is 9.93. The number of nitrogens with zero attached hydrogens (tertiary/aromatic N) is 1. The van der Waals surface area contributed by atoms with Gasteiger partial charge in [-0.1, -0.05) is 6.08 Å². The van der Waals surface area contributed by atoms with Crippen LogP contribution in [0, 0.1) is 0 Å². The molecule has 0 aromatic carbocycles. The Morgan fingerprint density at radius 1 is 1.50 bits per heavy atom. The van der Waals surface area contributed by atoms with Gasteiger partial charge in [0.2, 0.25) is 0 Å². The van der Waals surface area contributed by atoms with E-state index in [1.165, 1.54) is 19.5 Å². The third-order valence-electron chi connectivity index (χ3n) is 1.93. The van der Waals surface area contributed by atoms with Crippen LogP contribution in [0.15, 0.2) is 12.2 Å². The number of allylic oxidation sites excluding steroid dienone is 1. The predicted molar refractivity (Wildman–Crippen MR) is 40.9 cm³/mol. The smallest absolute Gasteiger partial charge is 0.142 e. The largest absolute Gasteiger partial charge is 0.299 e. The number of carbonyl (C=O) groups excluding carboxylic acids is 1. The van der Waals surface area contributed by atoms with Gasteiger partial charge in [-0.2, -0.15) is 0 Å². The number of hydrogen-bond acceptors (Lipinski definition) is 2. The standard InChI is InChI=1S/C8H13NO/c1-8(4-2-7-10)9-5-3-6-9/h2,4,7-8H,3,5-6H2,1H3/b4-2+/t8-/m0/s1. The van der Waals surface area contributed by atoms with Crippen LogP contribution >= 0.6 is 0 Å². The van der Waals surface area contributed by atoms with Gasteiger partial charge in [-0.3, -0.25) is 9.69 Å². The molecule has 0 bridgehead atoms. The molecule has 0 aromatic rings. The molecule has 0 unspecified atom stereocenters. The van der Waals surface area contributed by atoms with Crippen LogP contribution in [0.2, 0.25) is 0 Å². The highest BCUT2D eigenvalue weighted by atomic mass is 16.1. The summed E-state index contributed by atoms with van der Waals surface area (Å²) >= 11 is 0. The van der Waals surface area contributed by atoms with E-state index in [2.05, 4.69) is 11.8 Å². The molecule has 0 aliphatic carbocycles. The van der Waals surface area contributed by atoms with Crippen molar-refractivity contribution < 1.29 is 4.79 Å². The van der Waals surface area contributed by atoms with Gasteiger partial charge < -0.3 is 0 Å². The number of rotatable bonds is 3. The van der Waals surface area contributed by atoms with Crippen molar-refractivity contribution in [2.45, 2.75) is 19.4 Å². The highest BCUT2D eigenvalue weighted by Crippen LogP contribution is 2.10. The minimum Gasteiger partial charge on any atom is -0.299 e. The van der Waals surface area contributed by atoms with Crippen LogP contribution in [-0.2, 0) is 4.79 Å². The maximum absolute atomic E-state index is 9.93. The molecule has 1 aliphatic heterocycles. The highest BCUT2D eigenvalue weighted by Gasteiger charge is 2.17. The van der Waals surface area contributed by atoms with Crippen LogP contribution in [0.25, 0.3) is 0 Å². The zero-order valence-electron chi connectivity index (χ0n) is 6.29. The van der Waals surface area contributed by atoms with Gasteiger partial charge >= 0.3 is 0 Å². The SMILES string of the molecule is C[C@@H](/C=C/C=O)N1CCC1. The predicted octanol–water partition coefficient (Wildman–Crippen LogP) is 0.836. The monoisotopic (exact) mass is 139 g/mol. The first-order valence-electron chi connectivity index (χ1n) is 3.70. The van der Waals surface area contributed by atoms with Crippen LogP contribution in [0.4, 0.5) is 0 Å². The summed E-state index contributed by atoms with van der Waals surface area (Å²) in [5.41, 5.74) is 0. The van der Waals surface area contributed by atoms with E-state index >= 15 is 0 Å². The van der Waals surface area contributed by atoms with Crippen molar-refractivity contribution in [2.24, 2.45) is 0 Å². The fourth-order valence-electron chi connectivity index (χ4n) is 1.08. The van der Waals surface area contributed by atoms with Gasteiger partial charge in [-0.15, -0.1) is 0 Å². The van der Waals surface area contributed by atoms with Crippen molar-refractivity contribution in [3.05, 3.63) is 12.2 Å². The van der Waals surface area contributed by atoms with E-state index in [9.17, 15) is 4.79 Å². The van der Waals surface area contributed by atoms with Crippen molar-refractivity contribution in [1.82, 2.24) is 4.90 Å². The topological polar surface area (TPSA) is 20.3 Å². The molecule has 0 radical (unpaired) electrons.